The molecule has 0 spiro atoms. The Labute approximate surface area is 136 Å². The molecule has 1 heterocycles. The van der Waals surface area contributed by atoms with Gasteiger partial charge in [0.2, 0.25) is 0 Å². The summed E-state index contributed by atoms with van der Waals surface area (Å²) in [4.78, 5) is 22.8. The molecular weight excluding hydrogens is 308 g/mol. The highest BCUT2D eigenvalue weighted by Gasteiger charge is 2.06. The van der Waals surface area contributed by atoms with Crippen molar-refractivity contribution in [3.63, 3.8) is 0 Å². The molecule has 0 saturated carbocycles. The van der Waals surface area contributed by atoms with Gasteiger partial charge in [-0.1, -0.05) is 30.8 Å². The molecule has 0 bridgehead atoms. The number of hydrogen-bond acceptors (Lipinski definition) is 4. The van der Waals surface area contributed by atoms with Gasteiger partial charge in [-0.05, 0) is 18.2 Å². The lowest BCUT2D eigenvalue weighted by Crippen LogP contribution is -2.34. The van der Waals surface area contributed by atoms with Crippen LogP contribution in [0, 0.1) is 10.1 Å². The Morgan fingerprint density at radius 3 is 2.62 bits per heavy atom. The summed E-state index contributed by atoms with van der Waals surface area (Å²) in [5, 5.41) is 17.4. The molecule has 0 aliphatic heterocycles. The normalized spacial score (nSPS) is 11.4. The topological polar surface area (TPSA) is 93.0 Å². The Hall–Kier alpha value is -3.61. The molecule has 1 aromatic heterocycles. The predicted octanol–water partition coefficient (Wildman–Crippen LogP) is 1.33. The summed E-state index contributed by atoms with van der Waals surface area (Å²) in [5.74, 6) is 0. The van der Waals surface area contributed by atoms with Gasteiger partial charge in [-0.25, -0.2) is 4.68 Å². The van der Waals surface area contributed by atoms with E-state index in [0.717, 1.165) is 0 Å². The van der Waals surface area contributed by atoms with Crippen LogP contribution in [-0.4, -0.2) is 14.7 Å². The lowest BCUT2D eigenvalue weighted by atomic mass is 10.3. The molecule has 7 heteroatoms. The minimum Gasteiger partial charge on any atom is -0.361 e. The van der Waals surface area contributed by atoms with E-state index in [-0.39, 0.29) is 11.2 Å². The molecule has 7 nitrogen and oxygen atoms in total. The first-order chi connectivity index (χ1) is 11.6. The van der Waals surface area contributed by atoms with Gasteiger partial charge >= 0.3 is 0 Å². The first-order valence-corrected chi connectivity index (χ1v) is 7.13. The van der Waals surface area contributed by atoms with Gasteiger partial charge in [-0.15, -0.1) is 0 Å². The van der Waals surface area contributed by atoms with E-state index in [0.29, 0.717) is 21.9 Å². The third-order valence-electron chi connectivity index (χ3n) is 3.46. The Balaban J connectivity index is 1.99. The van der Waals surface area contributed by atoms with Gasteiger partial charge in [0.15, 0.2) is 0 Å². The van der Waals surface area contributed by atoms with Crippen molar-refractivity contribution in [1.82, 2.24) is 9.78 Å². The van der Waals surface area contributed by atoms with Crippen LogP contribution in [0.4, 0.5) is 11.4 Å². The maximum Gasteiger partial charge on any atom is 0.280 e. The average Bonchev–Trinajstić information content (AvgIpc) is 2.88. The van der Waals surface area contributed by atoms with Gasteiger partial charge < -0.3 is 5.32 Å². The van der Waals surface area contributed by atoms with E-state index in [4.69, 9.17) is 0 Å². The lowest BCUT2D eigenvalue weighted by Gasteiger charge is -1.99. The number of nitrogens with one attached hydrogen (secondary N) is 2. The van der Waals surface area contributed by atoms with Crippen molar-refractivity contribution in [3.8, 4) is 5.69 Å². The van der Waals surface area contributed by atoms with E-state index < -0.39 is 4.92 Å². The molecule has 0 fully saturated rings. The van der Waals surface area contributed by atoms with Crippen molar-refractivity contribution in [1.29, 1.82) is 0 Å². The molecule has 120 valence electrons. The Morgan fingerprint density at radius 2 is 1.92 bits per heavy atom. The van der Waals surface area contributed by atoms with E-state index in [9.17, 15) is 14.9 Å². The van der Waals surface area contributed by atoms with Gasteiger partial charge in [0, 0.05) is 24.0 Å². The number of aromatic nitrogens is 2. The molecule has 0 amide bonds. The number of nitrogens with zero attached hydrogens (tertiary/aromatic N) is 2. The van der Waals surface area contributed by atoms with Crippen molar-refractivity contribution in [2.24, 2.45) is 0 Å². The van der Waals surface area contributed by atoms with Gasteiger partial charge in [0.25, 0.3) is 11.2 Å². The van der Waals surface area contributed by atoms with Crippen LogP contribution in [0.5, 0.6) is 0 Å². The zero-order valence-corrected chi connectivity index (χ0v) is 12.6. The standard InChI is InChI=1S/C17H14N4O3/c1-12-16(11-18-13-6-5-9-15(10-13)21(23)24)17(22)20(19-12)14-7-3-2-4-8-14/h2-11,18-19H,1H2/b16-11-. The Morgan fingerprint density at radius 1 is 1.17 bits per heavy atom. The van der Waals surface area contributed by atoms with Crippen LogP contribution in [0.2, 0.25) is 0 Å². The van der Waals surface area contributed by atoms with Crippen molar-refractivity contribution in [2.75, 3.05) is 5.32 Å². The highest BCUT2D eigenvalue weighted by molar-refractivity contribution is 5.58. The fourth-order valence-electron chi connectivity index (χ4n) is 2.27. The predicted molar refractivity (Wildman–Crippen MR) is 92.3 cm³/mol. The van der Waals surface area contributed by atoms with Gasteiger partial charge in [0.05, 0.1) is 21.2 Å². The molecule has 0 saturated heterocycles. The van der Waals surface area contributed by atoms with Gasteiger partial charge in [-0.2, -0.15) is 0 Å². The Kier molecular flexibility index (Phi) is 3.98. The van der Waals surface area contributed by atoms with Crippen LogP contribution >= 0.6 is 0 Å². The van der Waals surface area contributed by atoms with Crippen LogP contribution in [0.3, 0.4) is 0 Å². The zero-order chi connectivity index (χ0) is 17.1. The third-order valence-corrected chi connectivity index (χ3v) is 3.46. The molecule has 0 radical (unpaired) electrons. The number of benzene rings is 2. The van der Waals surface area contributed by atoms with Crippen LogP contribution < -0.4 is 21.4 Å². The van der Waals surface area contributed by atoms with Crippen LogP contribution in [-0.2, 0) is 0 Å². The number of non-ortho nitro benzene ring substituents is 1. The van der Waals surface area contributed by atoms with Crippen molar-refractivity contribution in [2.45, 2.75) is 0 Å². The number of nitro groups is 1. The summed E-state index contributed by atoms with van der Waals surface area (Å²) in [5.41, 5.74) is 0.918. The number of nitro benzene ring substituents is 1. The summed E-state index contributed by atoms with van der Waals surface area (Å²) >= 11 is 0. The van der Waals surface area contributed by atoms with E-state index in [2.05, 4.69) is 17.0 Å². The number of hydrogen-bond donors (Lipinski definition) is 2. The van der Waals surface area contributed by atoms with Gasteiger partial charge in [0.1, 0.15) is 0 Å². The number of anilines is 1. The minimum atomic E-state index is -0.476. The monoisotopic (exact) mass is 322 g/mol. The summed E-state index contributed by atoms with van der Waals surface area (Å²) < 4.78 is 1.39. The average molecular weight is 322 g/mol. The number of rotatable bonds is 4. The summed E-state index contributed by atoms with van der Waals surface area (Å²) in [7, 11) is 0. The largest absolute Gasteiger partial charge is 0.361 e. The smallest absolute Gasteiger partial charge is 0.280 e. The van der Waals surface area contributed by atoms with E-state index in [1.54, 1.807) is 24.3 Å². The summed E-state index contributed by atoms with van der Waals surface area (Å²) in [6.07, 6.45) is 1.49. The highest BCUT2D eigenvalue weighted by atomic mass is 16.6. The molecule has 0 atom stereocenters. The molecule has 24 heavy (non-hydrogen) atoms. The minimum absolute atomic E-state index is 0.0287. The quantitative estimate of drug-likeness (QED) is 0.560. The highest BCUT2D eigenvalue weighted by Crippen LogP contribution is 2.16. The van der Waals surface area contributed by atoms with Gasteiger partial charge in [-0.3, -0.25) is 20.0 Å². The first-order valence-electron chi connectivity index (χ1n) is 7.13. The number of aromatic amines is 1. The summed E-state index contributed by atoms with van der Waals surface area (Å²) in [6, 6.07) is 15.2. The zero-order valence-electron chi connectivity index (χ0n) is 12.6. The van der Waals surface area contributed by atoms with E-state index in [1.807, 2.05) is 18.2 Å². The fourth-order valence-corrected chi connectivity index (χ4v) is 2.27. The maximum absolute atomic E-state index is 12.5. The molecule has 0 unspecified atom stereocenters. The van der Waals surface area contributed by atoms with Crippen molar-refractivity contribution >= 4 is 24.2 Å². The molecule has 2 aromatic carbocycles. The second-order valence-corrected chi connectivity index (χ2v) is 5.08. The molecule has 2 N–H and O–H groups in total. The molecule has 3 rings (SSSR count). The fraction of sp³-hybridized carbons (Fsp3) is 0. The third kappa shape index (κ3) is 2.95. The van der Waals surface area contributed by atoms with Crippen molar-refractivity contribution < 1.29 is 4.92 Å². The molecule has 0 aliphatic rings. The number of para-hydroxylation sites is 1. The molecule has 3 aromatic rings. The Bertz CT molecular complexity index is 1050. The van der Waals surface area contributed by atoms with E-state index in [1.165, 1.54) is 23.0 Å². The number of H-pyrrole nitrogens is 1. The summed E-state index contributed by atoms with van der Waals surface area (Å²) in [6.45, 7) is 3.83. The van der Waals surface area contributed by atoms with Crippen LogP contribution in [0.25, 0.3) is 18.5 Å². The van der Waals surface area contributed by atoms with Crippen LogP contribution in [0.1, 0.15) is 0 Å². The second-order valence-electron chi connectivity index (χ2n) is 5.08. The molecule has 0 aliphatic carbocycles. The molecular formula is C17H14N4O3. The van der Waals surface area contributed by atoms with Crippen LogP contribution in [0.15, 0.2) is 59.4 Å². The van der Waals surface area contributed by atoms with Crippen molar-refractivity contribution in [3.05, 3.63) is 85.6 Å². The van der Waals surface area contributed by atoms with E-state index >= 15 is 0 Å². The SMILES string of the molecule is C=c1[nH]n(-c2ccccc2)c(=O)/c1=C\Nc1cccc([N+](=O)[O-])c1. The second kappa shape index (κ2) is 6.25. The first kappa shape index (κ1) is 15.3. The maximum atomic E-state index is 12.5. The lowest BCUT2D eigenvalue weighted by molar-refractivity contribution is -0.384.